The van der Waals surface area contributed by atoms with Crippen LogP contribution in [0.3, 0.4) is 0 Å². The van der Waals surface area contributed by atoms with Crippen molar-refractivity contribution in [2.24, 2.45) is 0 Å². The fourth-order valence-corrected chi connectivity index (χ4v) is 4.75. The van der Waals surface area contributed by atoms with Crippen molar-refractivity contribution >= 4 is 10.0 Å². The third-order valence-electron chi connectivity index (χ3n) is 4.19. The molecule has 0 aliphatic carbocycles. The highest BCUT2D eigenvalue weighted by Gasteiger charge is 2.39. The van der Waals surface area contributed by atoms with Gasteiger partial charge in [-0.05, 0) is 32.9 Å². The summed E-state index contributed by atoms with van der Waals surface area (Å²) in [5, 5.41) is 0. The Morgan fingerprint density at radius 2 is 1.83 bits per heavy atom. The zero-order valence-corrected chi connectivity index (χ0v) is 15.2. The molecule has 3 rings (SSSR count). The van der Waals surface area contributed by atoms with Crippen molar-refractivity contribution in [2.75, 3.05) is 19.8 Å². The van der Waals surface area contributed by atoms with E-state index in [0.29, 0.717) is 25.6 Å². The van der Waals surface area contributed by atoms with E-state index in [1.807, 2.05) is 20.8 Å². The van der Waals surface area contributed by atoms with E-state index in [1.54, 1.807) is 31.2 Å². The van der Waals surface area contributed by atoms with Crippen molar-refractivity contribution in [3.05, 3.63) is 35.9 Å². The molecule has 7 heteroatoms. The summed E-state index contributed by atoms with van der Waals surface area (Å²) in [4.78, 5) is 4.62. The van der Waals surface area contributed by atoms with Gasteiger partial charge in [-0.1, -0.05) is 12.1 Å². The molecular weight excluding hydrogens is 328 g/mol. The molecule has 1 saturated heterocycles. The van der Waals surface area contributed by atoms with Crippen LogP contribution in [0.15, 0.2) is 33.6 Å². The molecule has 130 valence electrons. The first-order chi connectivity index (χ1) is 11.2. The zero-order valence-electron chi connectivity index (χ0n) is 14.4. The molecule has 1 fully saturated rings. The van der Waals surface area contributed by atoms with E-state index in [4.69, 9.17) is 9.15 Å². The highest BCUT2D eigenvalue weighted by atomic mass is 32.2. The lowest BCUT2D eigenvalue weighted by atomic mass is 10.1. The molecule has 1 aromatic heterocycles. The minimum Gasteiger partial charge on any atom is -0.446 e. The van der Waals surface area contributed by atoms with Crippen LogP contribution < -0.4 is 0 Å². The quantitative estimate of drug-likeness (QED) is 0.851. The van der Waals surface area contributed by atoms with Crippen LogP contribution in [0.4, 0.5) is 0 Å². The number of hydrogen-bond donors (Lipinski definition) is 0. The lowest BCUT2D eigenvalue weighted by molar-refractivity contribution is -0.00770. The second-order valence-electron chi connectivity index (χ2n) is 6.60. The fraction of sp³-hybridized carbons (Fsp3) is 0.471. The molecule has 0 amide bonds. The lowest BCUT2D eigenvalue weighted by Gasteiger charge is -2.40. The van der Waals surface area contributed by atoms with Gasteiger partial charge in [0, 0.05) is 19.0 Å². The van der Waals surface area contributed by atoms with Gasteiger partial charge >= 0.3 is 0 Å². The van der Waals surface area contributed by atoms with Gasteiger partial charge in [-0.25, -0.2) is 13.4 Å². The van der Waals surface area contributed by atoms with Gasteiger partial charge in [0.1, 0.15) is 11.5 Å². The van der Waals surface area contributed by atoms with E-state index in [9.17, 15) is 8.42 Å². The number of ether oxygens (including phenoxy) is 1. The van der Waals surface area contributed by atoms with E-state index in [2.05, 4.69) is 4.98 Å². The number of benzene rings is 1. The van der Waals surface area contributed by atoms with E-state index in [1.165, 1.54) is 4.31 Å². The first-order valence-corrected chi connectivity index (χ1v) is 9.31. The number of hydrogen-bond acceptors (Lipinski definition) is 5. The van der Waals surface area contributed by atoms with Crippen molar-refractivity contribution in [3.63, 3.8) is 0 Å². The van der Waals surface area contributed by atoms with Crippen LogP contribution in [0.5, 0.6) is 0 Å². The van der Waals surface area contributed by atoms with Gasteiger partial charge < -0.3 is 9.15 Å². The van der Waals surface area contributed by atoms with Crippen molar-refractivity contribution in [1.82, 2.24) is 9.29 Å². The Morgan fingerprint density at radius 3 is 2.38 bits per heavy atom. The van der Waals surface area contributed by atoms with Gasteiger partial charge in [-0.3, -0.25) is 0 Å². The third kappa shape index (κ3) is 2.99. The Balaban J connectivity index is 1.94. The van der Waals surface area contributed by atoms with Gasteiger partial charge in [-0.15, -0.1) is 0 Å². The summed E-state index contributed by atoms with van der Waals surface area (Å²) in [5.41, 5.74) is 1.02. The molecule has 0 saturated carbocycles. The Morgan fingerprint density at radius 1 is 1.17 bits per heavy atom. The van der Waals surface area contributed by atoms with Crippen molar-refractivity contribution in [3.8, 4) is 11.3 Å². The third-order valence-corrected chi connectivity index (χ3v) is 6.31. The summed E-state index contributed by atoms with van der Waals surface area (Å²) in [6.45, 7) is 8.55. The summed E-state index contributed by atoms with van der Waals surface area (Å²) in [6, 6.07) is 6.79. The SMILES string of the molecule is Cc1nc(-c2ccc(S(=O)(=O)N3CCOCC3(C)C)cc2)c(C)o1. The lowest BCUT2D eigenvalue weighted by Crippen LogP contribution is -2.55. The number of oxazole rings is 1. The number of nitrogens with zero attached hydrogens (tertiary/aromatic N) is 2. The van der Waals surface area contributed by atoms with Gasteiger partial charge in [0.15, 0.2) is 5.89 Å². The Bertz CT molecular complexity index is 838. The normalized spacial score (nSPS) is 18.7. The van der Waals surface area contributed by atoms with Crippen LogP contribution >= 0.6 is 0 Å². The minimum atomic E-state index is -3.56. The molecular formula is C17H22N2O4S. The van der Waals surface area contributed by atoms with E-state index < -0.39 is 15.6 Å². The van der Waals surface area contributed by atoms with Gasteiger partial charge in [0.05, 0.1) is 23.6 Å². The molecule has 0 radical (unpaired) electrons. The first-order valence-electron chi connectivity index (χ1n) is 7.87. The van der Waals surface area contributed by atoms with Crippen LogP contribution in [0, 0.1) is 13.8 Å². The smallest absolute Gasteiger partial charge is 0.243 e. The highest BCUT2D eigenvalue weighted by molar-refractivity contribution is 7.89. The summed E-state index contributed by atoms with van der Waals surface area (Å²) in [5.74, 6) is 1.31. The van der Waals surface area contributed by atoms with Crippen LogP contribution in [0.1, 0.15) is 25.5 Å². The summed E-state index contributed by atoms with van der Waals surface area (Å²) >= 11 is 0. The molecule has 0 unspecified atom stereocenters. The minimum absolute atomic E-state index is 0.277. The largest absolute Gasteiger partial charge is 0.446 e. The van der Waals surface area contributed by atoms with Crippen LogP contribution in [-0.2, 0) is 14.8 Å². The molecule has 1 aromatic carbocycles. The van der Waals surface area contributed by atoms with Crippen LogP contribution in [0.25, 0.3) is 11.3 Å². The average molecular weight is 350 g/mol. The number of morpholine rings is 1. The van der Waals surface area contributed by atoms with Gasteiger partial charge in [-0.2, -0.15) is 4.31 Å². The van der Waals surface area contributed by atoms with Gasteiger partial charge in [0.2, 0.25) is 10.0 Å². The Labute approximate surface area is 142 Å². The fourth-order valence-electron chi connectivity index (χ4n) is 3.00. The maximum absolute atomic E-state index is 13.0. The number of aryl methyl sites for hydroxylation is 2. The molecule has 0 bridgehead atoms. The summed E-state index contributed by atoms with van der Waals surface area (Å²) in [7, 11) is -3.56. The van der Waals surface area contributed by atoms with Crippen LogP contribution in [-0.4, -0.2) is 43.0 Å². The molecule has 6 nitrogen and oxygen atoms in total. The first kappa shape index (κ1) is 17.1. The van der Waals surface area contributed by atoms with E-state index >= 15 is 0 Å². The number of aromatic nitrogens is 1. The number of sulfonamides is 1. The summed E-state index contributed by atoms with van der Waals surface area (Å²) in [6.07, 6.45) is 0. The molecule has 2 aromatic rings. The van der Waals surface area contributed by atoms with Crippen molar-refractivity contribution in [1.29, 1.82) is 0 Å². The maximum atomic E-state index is 13.0. The standard InChI is InChI=1S/C17H22N2O4S/c1-12-16(18-13(2)23-12)14-5-7-15(8-6-14)24(20,21)19-9-10-22-11-17(19,3)4/h5-8H,9-11H2,1-4H3. The predicted molar refractivity (Wildman–Crippen MR) is 90.2 cm³/mol. The topological polar surface area (TPSA) is 72.6 Å². The van der Waals surface area contributed by atoms with E-state index in [-0.39, 0.29) is 4.90 Å². The van der Waals surface area contributed by atoms with E-state index in [0.717, 1.165) is 17.0 Å². The summed E-state index contributed by atoms with van der Waals surface area (Å²) < 4.78 is 38.3. The van der Waals surface area contributed by atoms with Gasteiger partial charge in [0.25, 0.3) is 0 Å². The molecule has 0 spiro atoms. The molecule has 2 heterocycles. The zero-order chi connectivity index (χ0) is 17.5. The highest BCUT2D eigenvalue weighted by Crippen LogP contribution is 2.29. The molecule has 24 heavy (non-hydrogen) atoms. The number of rotatable bonds is 3. The van der Waals surface area contributed by atoms with Crippen molar-refractivity contribution < 1.29 is 17.6 Å². The monoisotopic (exact) mass is 350 g/mol. The van der Waals surface area contributed by atoms with Crippen molar-refractivity contribution in [2.45, 2.75) is 38.1 Å². The molecule has 1 aliphatic rings. The molecule has 0 N–H and O–H groups in total. The second kappa shape index (κ2) is 5.98. The average Bonchev–Trinajstić information content (AvgIpc) is 2.85. The maximum Gasteiger partial charge on any atom is 0.243 e. The molecule has 0 atom stereocenters. The molecule has 1 aliphatic heterocycles. The Kier molecular flexibility index (Phi) is 4.27. The predicted octanol–water partition coefficient (Wildman–Crippen LogP) is 2.76. The van der Waals surface area contributed by atoms with Crippen LogP contribution in [0.2, 0.25) is 0 Å². The Hall–Kier alpha value is -1.70. The second-order valence-corrected chi connectivity index (χ2v) is 8.47.